The predicted octanol–water partition coefficient (Wildman–Crippen LogP) is 2.95. The van der Waals surface area contributed by atoms with E-state index in [1.807, 2.05) is 6.92 Å². The summed E-state index contributed by atoms with van der Waals surface area (Å²) in [4.78, 5) is 4.39. The fourth-order valence-electron chi connectivity index (χ4n) is 1.64. The van der Waals surface area contributed by atoms with Crippen LogP contribution in [-0.4, -0.2) is 45.5 Å². The molecule has 0 aliphatic carbocycles. The number of nitrogens with one attached hydrogen (secondary N) is 2. The van der Waals surface area contributed by atoms with Crippen LogP contribution in [0.15, 0.2) is 29.3 Å². The van der Waals surface area contributed by atoms with E-state index in [4.69, 9.17) is 4.74 Å². The molecule has 0 aliphatic heterocycles. The Bertz CT molecular complexity index is 482. The van der Waals surface area contributed by atoms with Gasteiger partial charge in [0.15, 0.2) is 12.6 Å². The lowest BCUT2D eigenvalue weighted by Gasteiger charge is -2.11. The van der Waals surface area contributed by atoms with Crippen molar-refractivity contribution in [2.75, 3.05) is 33.4 Å². The smallest absolute Gasteiger partial charge is 0.422 e. The second kappa shape index (κ2) is 12.2. The number of aliphatic imine (C=N–C) groups is 1. The fourth-order valence-corrected chi connectivity index (χ4v) is 1.64. The molecule has 0 bridgehead atoms. The monoisotopic (exact) mass is 461 g/mol. The Morgan fingerprint density at radius 2 is 1.83 bits per heavy atom. The van der Waals surface area contributed by atoms with Crippen LogP contribution in [0.2, 0.25) is 0 Å². The lowest BCUT2D eigenvalue weighted by molar-refractivity contribution is -0.153. The number of benzene rings is 1. The maximum absolute atomic E-state index is 12.1. The summed E-state index contributed by atoms with van der Waals surface area (Å²) in [7, 11) is 1.62. The van der Waals surface area contributed by atoms with E-state index in [1.54, 1.807) is 19.2 Å². The van der Waals surface area contributed by atoms with Gasteiger partial charge in [-0.15, -0.1) is 24.0 Å². The Morgan fingerprint density at radius 3 is 2.38 bits per heavy atom. The Balaban J connectivity index is 0.00000529. The molecule has 1 aromatic rings. The minimum atomic E-state index is -4.34. The molecule has 0 fully saturated rings. The third-order valence-corrected chi connectivity index (χ3v) is 2.69. The molecule has 0 amide bonds. The van der Waals surface area contributed by atoms with Gasteiger partial charge in [0.2, 0.25) is 0 Å². The van der Waals surface area contributed by atoms with Crippen molar-refractivity contribution in [1.82, 2.24) is 10.6 Å². The predicted molar refractivity (Wildman–Crippen MR) is 98.1 cm³/mol. The quantitative estimate of drug-likeness (QED) is 0.271. The van der Waals surface area contributed by atoms with Gasteiger partial charge in [0, 0.05) is 20.2 Å². The van der Waals surface area contributed by atoms with E-state index in [9.17, 15) is 13.2 Å². The summed E-state index contributed by atoms with van der Waals surface area (Å²) in [5, 5.41) is 6.20. The second-order valence-corrected chi connectivity index (χ2v) is 4.66. The molecule has 0 aromatic heterocycles. The number of rotatable bonds is 8. The van der Waals surface area contributed by atoms with Gasteiger partial charge in [0.1, 0.15) is 5.75 Å². The van der Waals surface area contributed by atoms with Crippen LogP contribution in [0.3, 0.4) is 0 Å². The topological polar surface area (TPSA) is 54.9 Å². The van der Waals surface area contributed by atoms with Crippen LogP contribution in [0.5, 0.6) is 5.75 Å². The summed E-state index contributed by atoms with van der Waals surface area (Å²) in [5.74, 6) is 0.835. The average molecular weight is 461 g/mol. The molecule has 0 unspecified atom stereocenters. The Morgan fingerprint density at radius 1 is 1.17 bits per heavy atom. The molecule has 1 rings (SSSR count). The average Bonchev–Trinajstić information content (AvgIpc) is 2.51. The molecule has 0 radical (unpaired) electrons. The van der Waals surface area contributed by atoms with E-state index in [0.29, 0.717) is 25.7 Å². The molecule has 0 heterocycles. The molecule has 0 saturated carbocycles. The van der Waals surface area contributed by atoms with Gasteiger partial charge in [-0.3, -0.25) is 0 Å². The number of halogens is 4. The van der Waals surface area contributed by atoms with Crippen LogP contribution in [0.1, 0.15) is 12.5 Å². The summed E-state index contributed by atoms with van der Waals surface area (Å²) >= 11 is 0. The van der Waals surface area contributed by atoms with Gasteiger partial charge in [-0.1, -0.05) is 12.1 Å². The van der Waals surface area contributed by atoms with E-state index in [-0.39, 0.29) is 29.7 Å². The molecule has 1 aromatic carbocycles. The highest BCUT2D eigenvalue weighted by Crippen LogP contribution is 2.19. The van der Waals surface area contributed by atoms with Crippen LogP contribution in [0, 0.1) is 0 Å². The Labute approximate surface area is 157 Å². The van der Waals surface area contributed by atoms with Gasteiger partial charge < -0.3 is 20.1 Å². The first kappa shape index (κ1) is 22.8. The van der Waals surface area contributed by atoms with Crippen molar-refractivity contribution in [3.63, 3.8) is 0 Å². The van der Waals surface area contributed by atoms with Crippen molar-refractivity contribution < 1.29 is 22.6 Å². The zero-order valence-corrected chi connectivity index (χ0v) is 16.0. The summed E-state index contributed by atoms with van der Waals surface area (Å²) in [6.07, 6.45) is -4.34. The van der Waals surface area contributed by atoms with Gasteiger partial charge in [-0.2, -0.15) is 13.2 Å². The first-order chi connectivity index (χ1) is 10.9. The Kier molecular flexibility index (Phi) is 11.6. The third kappa shape index (κ3) is 10.5. The van der Waals surface area contributed by atoms with Crippen LogP contribution in [0.25, 0.3) is 0 Å². The molecule has 138 valence electrons. The number of ether oxygens (including phenoxy) is 2. The molecule has 2 N–H and O–H groups in total. The van der Waals surface area contributed by atoms with E-state index in [1.165, 1.54) is 12.1 Å². The third-order valence-electron chi connectivity index (χ3n) is 2.69. The van der Waals surface area contributed by atoms with E-state index >= 15 is 0 Å². The second-order valence-electron chi connectivity index (χ2n) is 4.66. The number of hydrogen-bond donors (Lipinski definition) is 2. The van der Waals surface area contributed by atoms with Crippen LogP contribution < -0.4 is 15.4 Å². The van der Waals surface area contributed by atoms with E-state index in [0.717, 1.165) is 12.1 Å². The summed E-state index contributed by atoms with van der Waals surface area (Å²) in [5.41, 5.74) is 0.869. The zero-order chi connectivity index (χ0) is 17.1. The van der Waals surface area contributed by atoms with Gasteiger partial charge in [0.25, 0.3) is 0 Å². The minimum absolute atomic E-state index is 0. The maximum atomic E-state index is 12.1. The number of nitrogens with zero attached hydrogens (tertiary/aromatic N) is 1. The molecule has 5 nitrogen and oxygen atoms in total. The molecule has 0 saturated heterocycles. The summed E-state index contributed by atoms with van der Waals surface area (Å²) < 4.78 is 45.8. The first-order valence-electron chi connectivity index (χ1n) is 7.24. The maximum Gasteiger partial charge on any atom is 0.422 e. The van der Waals surface area contributed by atoms with Crippen molar-refractivity contribution in [1.29, 1.82) is 0 Å². The van der Waals surface area contributed by atoms with Crippen LogP contribution >= 0.6 is 24.0 Å². The molecular formula is C15H23F3IN3O2. The van der Waals surface area contributed by atoms with Crippen LogP contribution in [-0.2, 0) is 11.3 Å². The lowest BCUT2D eigenvalue weighted by atomic mass is 10.2. The minimum Gasteiger partial charge on any atom is -0.484 e. The van der Waals surface area contributed by atoms with Crippen molar-refractivity contribution >= 4 is 29.9 Å². The molecule has 0 atom stereocenters. The zero-order valence-electron chi connectivity index (χ0n) is 13.7. The van der Waals surface area contributed by atoms with E-state index < -0.39 is 12.8 Å². The number of methoxy groups -OCH3 is 1. The summed E-state index contributed by atoms with van der Waals surface area (Å²) in [6, 6.07) is 6.38. The molecule has 24 heavy (non-hydrogen) atoms. The molecule has 0 aliphatic rings. The lowest BCUT2D eigenvalue weighted by Crippen LogP contribution is -2.38. The molecule has 0 spiro atoms. The number of guanidine groups is 1. The van der Waals surface area contributed by atoms with Gasteiger partial charge >= 0.3 is 6.18 Å². The highest BCUT2D eigenvalue weighted by atomic mass is 127. The van der Waals surface area contributed by atoms with Crippen molar-refractivity contribution in [3.05, 3.63) is 29.8 Å². The van der Waals surface area contributed by atoms with E-state index in [2.05, 4.69) is 20.4 Å². The van der Waals surface area contributed by atoms with Crippen molar-refractivity contribution in [2.45, 2.75) is 19.6 Å². The molecular weight excluding hydrogens is 438 g/mol. The highest BCUT2D eigenvalue weighted by Gasteiger charge is 2.28. The van der Waals surface area contributed by atoms with Gasteiger partial charge in [-0.05, 0) is 24.6 Å². The van der Waals surface area contributed by atoms with Gasteiger partial charge in [-0.25, -0.2) is 4.99 Å². The molecule has 9 heteroatoms. The fraction of sp³-hybridized carbons (Fsp3) is 0.533. The van der Waals surface area contributed by atoms with Gasteiger partial charge in [0.05, 0.1) is 13.2 Å². The highest BCUT2D eigenvalue weighted by molar-refractivity contribution is 14.0. The largest absolute Gasteiger partial charge is 0.484 e. The standard InChI is InChI=1S/C15H22F3N3O2.HI/c1-3-19-14(20-8-9-22-2)21-10-12-4-6-13(7-5-12)23-11-15(16,17)18;/h4-7H,3,8-11H2,1-2H3,(H2,19,20,21);1H. The van der Waals surface area contributed by atoms with Crippen molar-refractivity contribution in [3.8, 4) is 5.75 Å². The van der Waals surface area contributed by atoms with Crippen molar-refractivity contribution in [2.24, 2.45) is 4.99 Å². The SMILES string of the molecule is CCNC(=NCc1ccc(OCC(F)(F)F)cc1)NCCOC.I. The number of alkyl halides is 3. The number of hydrogen-bond acceptors (Lipinski definition) is 3. The first-order valence-corrected chi connectivity index (χ1v) is 7.24. The summed E-state index contributed by atoms with van der Waals surface area (Å²) in [6.45, 7) is 2.99. The normalized spacial score (nSPS) is 11.6. The van der Waals surface area contributed by atoms with Crippen LogP contribution in [0.4, 0.5) is 13.2 Å². The Hall–Kier alpha value is -1.23.